The minimum absolute atomic E-state index is 0.00824. The van der Waals surface area contributed by atoms with E-state index in [1.165, 1.54) is 6.07 Å². The van der Waals surface area contributed by atoms with Crippen molar-refractivity contribution in [3.63, 3.8) is 0 Å². The van der Waals surface area contributed by atoms with Gasteiger partial charge in [-0.05, 0) is 44.2 Å². The van der Waals surface area contributed by atoms with Crippen LogP contribution in [-0.2, 0) is 17.6 Å². The minimum atomic E-state index is -0.307. The lowest BCUT2D eigenvalue weighted by atomic mass is 9.92. The molecule has 0 N–H and O–H groups in total. The fourth-order valence-corrected chi connectivity index (χ4v) is 3.41. The molecule has 0 bridgehead atoms. The molecule has 0 spiro atoms. The van der Waals surface area contributed by atoms with Crippen LogP contribution in [0.4, 0.5) is 4.39 Å². The SMILES string of the molecule is CC(C)n1cnnc1CC1CCN(C(=O)Cc2ccccc2F)CC1. The molecule has 0 saturated carbocycles. The van der Waals surface area contributed by atoms with Crippen molar-refractivity contribution in [2.45, 2.75) is 45.6 Å². The molecule has 1 aromatic heterocycles. The average Bonchev–Trinajstić information content (AvgIpc) is 3.06. The minimum Gasteiger partial charge on any atom is -0.342 e. The van der Waals surface area contributed by atoms with Gasteiger partial charge in [-0.1, -0.05) is 18.2 Å². The van der Waals surface area contributed by atoms with Crippen LogP contribution >= 0.6 is 0 Å². The van der Waals surface area contributed by atoms with Gasteiger partial charge in [0.25, 0.3) is 0 Å². The molecule has 1 fully saturated rings. The van der Waals surface area contributed by atoms with Crippen LogP contribution in [-0.4, -0.2) is 38.7 Å². The number of halogens is 1. The Morgan fingerprint density at radius 1 is 1.28 bits per heavy atom. The predicted molar refractivity (Wildman–Crippen MR) is 93.5 cm³/mol. The van der Waals surface area contributed by atoms with Crippen LogP contribution in [0.5, 0.6) is 0 Å². The molecule has 2 heterocycles. The number of amides is 1. The molecule has 1 amide bonds. The van der Waals surface area contributed by atoms with E-state index in [2.05, 4.69) is 28.6 Å². The molecule has 3 rings (SSSR count). The van der Waals surface area contributed by atoms with Crippen molar-refractivity contribution < 1.29 is 9.18 Å². The van der Waals surface area contributed by atoms with Crippen LogP contribution in [0.2, 0.25) is 0 Å². The summed E-state index contributed by atoms with van der Waals surface area (Å²) >= 11 is 0. The zero-order chi connectivity index (χ0) is 17.8. The summed E-state index contributed by atoms with van der Waals surface area (Å²) in [5.41, 5.74) is 0.472. The summed E-state index contributed by atoms with van der Waals surface area (Å²) in [6.07, 6.45) is 4.72. The van der Waals surface area contributed by atoms with Gasteiger partial charge in [-0.2, -0.15) is 0 Å². The maximum Gasteiger partial charge on any atom is 0.227 e. The number of hydrogen-bond donors (Lipinski definition) is 0. The first kappa shape index (κ1) is 17.6. The number of likely N-dealkylation sites (tertiary alicyclic amines) is 1. The van der Waals surface area contributed by atoms with E-state index in [1.807, 2.05) is 4.90 Å². The molecule has 1 aliphatic heterocycles. The van der Waals surface area contributed by atoms with Crippen LogP contribution in [0.25, 0.3) is 0 Å². The van der Waals surface area contributed by atoms with Crippen LogP contribution in [0.3, 0.4) is 0 Å². The Kier molecular flexibility index (Phi) is 5.46. The first-order valence-corrected chi connectivity index (χ1v) is 8.94. The molecule has 134 valence electrons. The molecule has 2 aromatic rings. The quantitative estimate of drug-likeness (QED) is 0.838. The van der Waals surface area contributed by atoms with Gasteiger partial charge in [0.2, 0.25) is 5.91 Å². The second kappa shape index (κ2) is 7.76. The lowest BCUT2D eigenvalue weighted by molar-refractivity contribution is -0.131. The van der Waals surface area contributed by atoms with Gasteiger partial charge in [-0.3, -0.25) is 4.79 Å². The summed E-state index contributed by atoms with van der Waals surface area (Å²) in [4.78, 5) is 14.3. The van der Waals surface area contributed by atoms with Gasteiger partial charge in [-0.15, -0.1) is 10.2 Å². The Morgan fingerprint density at radius 3 is 2.68 bits per heavy atom. The van der Waals surface area contributed by atoms with Crippen LogP contribution in [0.1, 0.15) is 44.1 Å². The number of rotatable bonds is 5. The van der Waals surface area contributed by atoms with E-state index in [1.54, 1.807) is 24.5 Å². The molecule has 6 heteroatoms. The fraction of sp³-hybridized carbons (Fsp3) is 0.526. The topological polar surface area (TPSA) is 51.0 Å². The van der Waals surface area contributed by atoms with Crippen molar-refractivity contribution in [1.82, 2.24) is 19.7 Å². The van der Waals surface area contributed by atoms with Crippen molar-refractivity contribution in [2.24, 2.45) is 5.92 Å². The van der Waals surface area contributed by atoms with Gasteiger partial charge in [-0.25, -0.2) is 4.39 Å². The maximum absolute atomic E-state index is 13.7. The Labute approximate surface area is 147 Å². The second-order valence-corrected chi connectivity index (χ2v) is 7.04. The Morgan fingerprint density at radius 2 is 2.00 bits per heavy atom. The van der Waals surface area contributed by atoms with E-state index < -0.39 is 0 Å². The van der Waals surface area contributed by atoms with E-state index in [0.29, 0.717) is 17.5 Å². The van der Waals surface area contributed by atoms with E-state index in [0.717, 1.165) is 38.2 Å². The third-order valence-corrected chi connectivity index (χ3v) is 4.94. The third kappa shape index (κ3) is 4.24. The Bertz CT molecular complexity index is 720. The van der Waals surface area contributed by atoms with Crippen LogP contribution in [0.15, 0.2) is 30.6 Å². The summed E-state index contributed by atoms with van der Waals surface area (Å²) in [6.45, 7) is 5.70. The highest BCUT2D eigenvalue weighted by atomic mass is 19.1. The molecule has 1 saturated heterocycles. The van der Waals surface area contributed by atoms with Crippen molar-refractivity contribution in [3.8, 4) is 0 Å². The Balaban J connectivity index is 1.52. The van der Waals surface area contributed by atoms with E-state index in [4.69, 9.17) is 0 Å². The zero-order valence-corrected chi connectivity index (χ0v) is 14.9. The molecule has 5 nitrogen and oxygen atoms in total. The van der Waals surface area contributed by atoms with E-state index in [-0.39, 0.29) is 18.1 Å². The van der Waals surface area contributed by atoms with Crippen molar-refractivity contribution in [2.75, 3.05) is 13.1 Å². The van der Waals surface area contributed by atoms with Gasteiger partial charge in [0, 0.05) is 25.6 Å². The first-order valence-electron chi connectivity index (χ1n) is 8.94. The van der Waals surface area contributed by atoms with Gasteiger partial charge >= 0.3 is 0 Å². The first-order chi connectivity index (χ1) is 12.0. The second-order valence-electron chi connectivity index (χ2n) is 7.04. The normalized spacial score (nSPS) is 15.8. The molecule has 0 radical (unpaired) electrons. The molecular weight excluding hydrogens is 319 g/mol. The number of benzene rings is 1. The van der Waals surface area contributed by atoms with Gasteiger partial charge < -0.3 is 9.47 Å². The Hall–Kier alpha value is -2.24. The molecule has 0 unspecified atom stereocenters. The van der Waals surface area contributed by atoms with Gasteiger partial charge in [0.05, 0.1) is 6.42 Å². The summed E-state index contributed by atoms with van der Waals surface area (Å²) in [6, 6.07) is 6.85. The third-order valence-electron chi connectivity index (χ3n) is 4.94. The molecule has 1 aliphatic rings. The lowest BCUT2D eigenvalue weighted by Gasteiger charge is -2.32. The van der Waals surface area contributed by atoms with E-state index >= 15 is 0 Å². The highest BCUT2D eigenvalue weighted by Gasteiger charge is 2.25. The predicted octanol–water partition coefficient (Wildman–Crippen LogP) is 3.02. The number of carbonyl (C=O) groups is 1. The monoisotopic (exact) mass is 344 g/mol. The lowest BCUT2D eigenvalue weighted by Crippen LogP contribution is -2.40. The largest absolute Gasteiger partial charge is 0.342 e. The zero-order valence-electron chi connectivity index (χ0n) is 14.9. The molecule has 1 aromatic carbocycles. The highest BCUT2D eigenvalue weighted by molar-refractivity contribution is 5.78. The smallest absolute Gasteiger partial charge is 0.227 e. The fourth-order valence-electron chi connectivity index (χ4n) is 3.41. The van der Waals surface area contributed by atoms with E-state index in [9.17, 15) is 9.18 Å². The number of carbonyl (C=O) groups excluding carboxylic acids is 1. The number of hydrogen-bond acceptors (Lipinski definition) is 3. The molecule has 25 heavy (non-hydrogen) atoms. The summed E-state index contributed by atoms with van der Waals surface area (Å²) in [5, 5.41) is 8.26. The average molecular weight is 344 g/mol. The molecule has 0 atom stereocenters. The number of nitrogens with zero attached hydrogens (tertiary/aromatic N) is 4. The van der Waals surface area contributed by atoms with Gasteiger partial charge in [0.15, 0.2) is 0 Å². The van der Waals surface area contributed by atoms with Crippen LogP contribution in [0, 0.1) is 11.7 Å². The van der Waals surface area contributed by atoms with Crippen molar-refractivity contribution >= 4 is 5.91 Å². The maximum atomic E-state index is 13.7. The van der Waals surface area contributed by atoms with Crippen LogP contribution < -0.4 is 0 Å². The number of aromatic nitrogens is 3. The number of piperidine rings is 1. The summed E-state index contributed by atoms with van der Waals surface area (Å²) in [5.74, 6) is 1.23. The summed E-state index contributed by atoms with van der Waals surface area (Å²) < 4.78 is 15.8. The highest BCUT2D eigenvalue weighted by Crippen LogP contribution is 2.22. The van der Waals surface area contributed by atoms with Crippen molar-refractivity contribution in [3.05, 3.63) is 47.8 Å². The summed E-state index contributed by atoms with van der Waals surface area (Å²) in [7, 11) is 0. The van der Waals surface area contributed by atoms with Crippen molar-refractivity contribution in [1.29, 1.82) is 0 Å². The van der Waals surface area contributed by atoms with Gasteiger partial charge in [0.1, 0.15) is 18.0 Å². The molecular formula is C19H25FN4O. The standard InChI is InChI=1S/C19H25FN4O/c1-14(2)24-13-21-22-18(24)11-15-7-9-23(10-8-15)19(25)12-16-5-3-4-6-17(16)20/h3-6,13-15H,7-12H2,1-2H3. The molecule has 0 aliphatic carbocycles.